The number of halogens is 1. The molecule has 1 saturated heterocycles. The Morgan fingerprint density at radius 3 is 2.29 bits per heavy atom. The fraction of sp³-hybridized carbons (Fsp3) is 0.429. The van der Waals surface area contributed by atoms with Crippen molar-refractivity contribution in [3.05, 3.63) is 29.0 Å². The molecule has 21 heavy (non-hydrogen) atoms. The van der Waals surface area contributed by atoms with Crippen molar-refractivity contribution in [1.82, 2.24) is 9.97 Å². The van der Waals surface area contributed by atoms with Gasteiger partial charge in [0.05, 0.1) is 28.1 Å². The summed E-state index contributed by atoms with van der Waals surface area (Å²) < 4.78 is 26.0. The molecule has 0 saturated carbocycles. The lowest BCUT2D eigenvalue weighted by atomic mass is 9.80. The maximum absolute atomic E-state index is 14.3. The number of pyridine rings is 1. The van der Waals surface area contributed by atoms with Crippen molar-refractivity contribution < 1.29 is 13.7 Å². The molecule has 110 valence electrons. The van der Waals surface area contributed by atoms with Crippen molar-refractivity contribution in [2.24, 2.45) is 0 Å². The fourth-order valence-corrected chi connectivity index (χ4v) is 2.62. The van der Waals surface area contributed by atoms with E-state index in [0.717, 1.165) is 0 Å². The summed E-state index contributed by atoms with van der Waals surface area (Å²) in [5.74, 6) is -0.584. The third-order valence-electron chi connectivity index (χ3n) is 4.08. The molecule has 2 aromatic heterocycles. The predicted octanol–water partition coefficient (Wildman–Crippen LogP) is 2.64. The maximum Gasteiger partial charge on any atom is 0.499 e. The van der Waals surface area contributed by atoms with Crippen LogP contribution in [0, 0.1) is 5.95 Å². The lowest BCUT2D eigenvalue weighted by Crippen LogP contribution is -2.41. The third-order valence-corrected chi connectivity index (χ3v) is 4.67. The van der Waals surface area contributed by atoms with Crippen LogP contribution in [0.15, 0.2) is 23.0 Å². The zero-order valence-electron chi connectivity index (χ0n) is 12.4. The highest BCUT2D eigenvalue weighted by Gasteiger charge is 2.52. The van der Waals surface area contributed by atoms with Crippen LogP contribution in [0.4, 0.5) is 4.39 Å². The molecule has 0 amide bonds. The molecule has 4 nitrogen and oxygen atoms in total. The van der Waals surface area contributed by atoms with Gasteiger partial charge < -0.3 is 9.31 Å². The smallest absolute Gasteiger partial charge is 0.399 e. The SMILES string of the molecule is CC1(C)OB(c2ccc(-c3cscn3)nc2F)OC1(C)C. The lowest BCUT2D eigenvalue weighted by molar-refractivity contribution is 0.00578. The predicted molar refractivity (Wildman–Crippen MR) is 81.0 cm³/mol. The van der Waals surface area contributed by atoms with Crippen molar-refractivity contribution in [3.63, 3.8) is 0 Å². The van der Waals surface area contributed by atoms with Gasteiger partial charge in [-0.15, -0.1) is 11.3 Å². The zero-order chi connectivity index (χ0) is 15.3. The van der Waals surface area contributed by atoms with Gasteiger partial charge in [0, 0.05) is 10.8 Å². The molecular weight excluding hydrogens is 290 g/mol. The molecule has 0 unspecified atom stereocenters. The van der Waals surface area contributed by atoms with Gasteiger partial charge >= 0.3 is 7.12 Å². The minimum absolute atomic E-state index is 0.313. The number of hydrogen-bond donors (Lipinski definition) is 0. The highest BCUT2D eigenvalue weighted by Crippen LogP contribution is 2.36. The molecule has 0 N–H and O–H groups in total. The van der Waals surface area contributed by atoms with Crippen LogP contribution in [0.25, 0.3) is 11.4 Å². The standard InChI is InChI=1S/C14H16BFN2O2S/c1-13(2)14(3,4)20-15(19-13)9-5-6-10(18-12(9)16)11-7-21-8-17-11/h5-8H,1-4H3. The summed E-state index contributed by atoms with van der Waals surface area (Å²) in [5.41, 5.74) is 2.17. The van der Waals surface area contributed by atoms with E-state index in [1.165, 1.54) is 11.3 Å². The van der Waals surface area contributed by atoms with Crippen LogP contribution < -0.4 is 5.46 Å². The number of aromatic nitrogens is 2. The Hall–Kier alpha value is -1.31. The molecule has 0 bridgehead atoms. The van der Waals surface area contributed by atoms with E-state index in [2.05, 4.69) is 9.97 Å². The van der Waals surface area contributed by atoms with Gasteiger partial charge in [-0.25, -0.2) is 9.97 Å². The van der Waals surface area contributed by atoms with Gasteiger partial charge in [-0.05, 0) is 33.8 Å². The van der Waals surface area contributed by atoms with E-state index >= 15 is 0 Å². The molecule has 1 aliphatic rings. The number of rotatable bonds is 2. The number of hydrogen-bond acceptors (Lipinski definition) is 5. The average Bonchev–Trinajstić information content (AvgIpc) is 2.96. The molecule has 1 aliphatic heterocycles. The Bertz CT molecular complexity index is 645. The summed E-state index contributed by atoms with van der Waals surface area (Å²) in [6.07, 6.45) is 0. The molecule has 0 spiro atoms. The topological polar surface area (TPSA) is 44.2 Å². The summed E-state index contributed by atoms with van der Waals surface area (Å²) in [6, 6.07) is 3.39. The molecule has 0 radical (unpaired) electrons. The van der Waals surface area contributed by atoms with E-state index in [9.17, 15) is 4.39 Å². The molecule has 7 heteroatoms. The zero-order valence-corrected chi connectivity index (χ0v) is 13.2. The second kappa shape index (κ2) is 4.86. The quantitative estimate of drug-likeness (QED) is 0.632. The van der Waals surface area contributed by atoms with Gasteiger partial charge in [-0.2, -0.15) is 4.39 Å². The second-order valence-corrected chi connectivity index (χ2v) is 6.76. The first-order valence-electron chi connectivity index (χ1n) is 6.71. The van der Waals surface area contributed by atoms with Gasteiger partial charge in [0.25, 0.3) is 0 Å². The van der Waals surface area contributed by atoms with Crippen LogP contribution in [0.5, 0.6) is 0 Å². The van der Waals surface area contributed by atoms with E-state index in [1.54, 1.807) is 17.6 Å². The lowest BCUT2D eigenvalue weighted by Gasteiger charge is -2.32. The van der Waals surface area contributed by atoms with Crippen LogP contribution in [0.1, 0.15) is 27.7 Å². The Morgan fingerprint density at radius 1 is 1.10 bits per heavy atom. The summed E-state index contributed by atoms with van der Waals surface area (Å²) in [5, 5.41) is 1.83. The van der Waals surface area contributed by atoms with Gasteiger partial charge in [-0.3, -0.25) is 0 Å². The molecule has 3 heterocycles. The maximum atomic E-state index is 14.3. The molecule has 0 aromatic carbocycles. The normalized spacial score (nSPS) is 20.0. The molecule has 1 fully saturated rings. The van der Waals surface area contributed by atoms with Crippen molar-refractivity contribution in [2.75, 3.05) is 0 Å². The first kappa shape index (κ1) is 14.6. The first-order chi connectivity index (χ1) is 9.80. The van der Waals surface area contributed by atoms with Gasteiger partial charge in [-0.1, -0.05) is 6.07 Å². The molecular formula is C14H16BFN2O2S. The van der Waals surface area contributed by atoms with E-state index < -0.39 is 24.3 Å². The Labute approximate surface area is 127 Å². The van der Waals surface area contributed by atoms with E-state index in [1.807, 2.05) is 33.1 Å². The summed E-state index contributed by atoms with van der Waals surface area (Å²) in [6.45, 7) is 7.73. The average molecular weight is 306 g/mol. The van der Waals surface area contributed by atoms with Crippen molar-refractivity contribution in [1.29, 1.82) is 0 Å². The monoisotopic (exact) mass is 306 g/mol. The highest BCUT2D eigenvalue weighted by molar-refractivity contribution is 7.07. The molecule has 0 aliphatic carbocycles. The third kappa shape index (κ3) is 2.50. The van der Waals surface area contributed by atoms with Crippen LogP contribution in [0.3, 0.4) is 0 Å². The van der Waals surface area contributed by atoms with E-state index in [4.69, 9.17) is 9.31 Å². The summed E-state index contributed by atoms with van der Waals surface area (Å²) >= 11 is 1.45. The van der Waals surface area contributed by atoms with Crippen LogP contribution in [-0.2, 0) is 9.31 Å². The number of nitrogens with zero attached hydrogens (tertiary/aromatic N) is 2. The van der Waals surface area contributed by atoms with Gasteiger partial charge in [0.15, 0.2) is 0 Å². The second-order valence-electron chi connectivity index (χ2n) is 6.04. The van der Waals surface area contributed by atoms with Crippen molar-refractivity contribution in [2.45, 2.75) is 38.9 Å². The van der Waals surface area contributed by atoms with E-state index in [-0.39, 0.29) is 0 Å². The van der Waals surface area contributed by atoms with Crippen molar-refractivity contribution in [3.8, 4) is 11.4 Å². The van der Waals surface area contributed by atoms with E-state index in [0.29, 0.717) is 16.9 Å². The largest absolute Gasteiger partial charge is 0.499 e. The van der Waals surface area contributed by atoms with Gasteiger partial charge in [0.1, 0.15) is 0 Å². The Balaban J connectivity index is 1.91. The fourth-order valence-electron chi connectivity index (χ4n) is 2.07. The van der Waals surface area contributed by atoms with Crippen LogP contribution in [0.2, 0.25) is 0 Å². The molecule has 3 rings (SSSR count). The Morgan fingerprint density at radius 2 is 1.76 bits per heavy atom. The molecule has 0 atom stereocenters. The van der Waals surface area contributed by atoms with Crippen molar-refractivity contribution >= 4 is 23.9 Å². The van der Waals surface area contributed by atoms with Crippen LogP contribution in [-0.4, -0.2) is 28.3 Å². The number of thiazole rings is 1. The first-order valence-corrected chi connectivity index (χ1v) is 7.65. The van der Waals surface area contributed by atoms with Gasteiger partial charge in [0.2, 0.25) is 5.95 Å². The minimum Gasteiger partial charge on any atom is -0.399 e. The summed E-state index contributed by atoms with van der Waals surface area (Å²) in [4.78, 5) is 8.10. The highest BCUT2D eigenvalue weighted by atomic mass is 32.1. The van der Waals surface area contributed by atoms with Crippen LogP contribution >= 0.6 is 11.3 Å². The Kier molecular flexibility index (Phi) is 3.39. The molecule has 2 aromatic rings. The summed E-state index contributed by atoms with van der Waals surface area (Å²) in [7, 11) is -0.744. The minimum atomic E-state index is -0.744.